The number of fused-ring (bicyclic) bond motifs is 1. The first kappa shape index (κ1) is 24.0. The number of ether oxygens (including phenoxy) is 1. The Balaban J connectivity index is 1.62. The molecule has 1 aliphatic rings. The van der Waals surface area contributed by atoms with Gasteiger partial charge in [-0.1, -0.05) is 36.4 Å². The normalized spacial score (nSPS) is 16.0. The van der Waals surface area contributed by atoms with E-state index in [0.29, 0.717) is 11.7 Å². The van der Waals surface area contributed by atoms with Crippen molar-refractivity contribution in [1.29, 1.82) is 0 Å². The summed E-state index contributed by atoms with van der Waals surface area (Å²) < 4.78 is 7.53. The third-order valence-electron chi connectivity index (χ3n) is 6.12. The van der Waals surface area contributed by atoms with E-state index in [1.54, 1.807) is 15.9 Å². The van der Waals surface area contributed by atoms with Crippen molar-refractivity contribution in [3.63, 3.8) is 0 Å². The van der Waals surface area contributed by atoms with Crippen LogP contribution in [0.5, 0.6) is 0 Å². The molecule has 0 saturated carbocycles. The van der Waals surface area contributed by atoms with Crippen LogP contribution in [0, 0.1) is 27.7 Å². The Hall–Kier alpha value is -2.16. The Bertz CT molecular complexity index is 1230. The fraction of sp³-hybridized carbons (Fsp3) is 0.480. The predicted octanol–water partition coefficient (Wildman–Crippen LogP) is 5.16. The third kappa shape index (κ3) is 5.03. The minimum Gasteiger partial charge on any atom is -0.376 e. The van der Waals surface area contributed by atoms with Crippen LogP contribution in [0.2, 0.25) is 0 Å². The van der Waals surface area contributed by atoms with E-state index in [9.17, 15) is 9.59 Å². The van der Waals surface area contributed by atoms with E-state index in [-0.39, 0.29) is 23.3 Å². The minimum atomic E-state index is -0.107. The van der Waals surface area contributed by atoms with Crippen LogP contribution in [0.3, 0.4) is 0 Å². The summed E-state index contributed by atoms with van der Waals surface area (Å²) in [5, 5.41) is 4.35. The fourth-order valence-electron chi connectivity index (χ4n) is 4.60. The molecule has 1 atom stereocenters. The van der Waals surface area contributed by atoms with Crippen LogP contribution in [-0.2, 0) is 22.5 Å². The SMILES string of the molecule is CCc1c(C)sc2nc(SCC(=O)Nc3c(C)cc(C)cc3C)n(CC3CCCO3)c(=O)c12. The summed E-state index contributed by atoms with van der Waals surface area (Å²) in [7, 11) is 0. The molecule has 6 nitrogen and oxygen atoms in total. The average Bonchev–Trinajstić information content (AvgIpc) is 3.38. The zero-order valence-electron chi connectivity index (χ0n) is 19.9. The smallest absolute Gasteiger partial charge is 0.263 e. The van der Waals surface area contributed by atoms with Crippen LogP contribution in [0.1, 0.15) is 46.9 Å². The van der Waals surface area contributed by atoms with Crippen molar-refractivity contribution in [3.05, 3.63) is 49.6 Å². The van der Waals surface area contributed by atoms with Crippen LogP contribution in [0.4, 0.5) is 5.69 Å². The van der Waals surface area contributed by atoms with Crippen LogP contribution in [0.15, 0.2) is 22.1 Å². The number of benzene rings is 1. The first-order valence-electron chi connectivity index (χ1n) is 11.4. The highest BCUT2D eigenvalue weighted by molar-refractivity contribution is 7.99. The summed E-state index contributed by atoms with van der Waals surface area (Å²) in [5.41, 5.74) is 5.17. The molecule has 1 N–H and O–H groups in total. The van der Waals surface area contributed by atoms with Gasteiger partial charge in [-0.2, -0.15) is 0 Å². The third-order valence-corrected chi connectivity index (χ3v) is 8.13. The molecule has 1 aromatic carbocycles. The monoisotopic (exact) mass is 485 g/mol. The van der Waals surface area contributed by atoms with Crippen LogP contribution < -0.4 is 10.9 Å². The average molecular weight is 486 g/mol. The molecule has 0 spiro atoms. The van der Waals surface area contributed by atoms with Crippen LogP contribution in [0.25, 0.3) is 10.2 Å². The topological polar surface area (TPSA) is 73.2 Å². The Labute approximate surface area is 202 Å². The Morgan fingerprint density at radius 3 is 2.64 bits per heavy atom. The quantitative estimate of drug-likeness (QED) is 0.369. The van der Waals surface area contributed by atoms with Crippen molar-refractivity contribution in [1.82, 2.24) is 9.55 Å². The van der Waals surface area contributed by atoms with E-state index >= 15 is 0 Å². The van der Waals surface area contributed by atoms with Gasteiger partial charge in [0.25, 0.3) is 5.56 Å². The highest BCUT2D eigenvalue weighted by Crippen LogP contribution is 2.30. The van der Waals surface area contributed by atoms with E-state index < -0.39 is 0 Å². The number of rotatable bonds is 7. The maximum atomic E-state index is 13.5. The second-order valence-electron chi connectivity index (χ2n) is 8.73. The predicted molar refractivity (Wildman–Crippen MR) is 137 cm³/mol. The number of anilines is 1. The largest absolute Gasteiger partial charge is 0.376 e. The van der Waals surface area contributed by atoms with E-state index in [2.05, 4.69) is 24.4 Å². The number of aryl methyl sites for hydroxylation is 5. The van der Waals surface area contributed by atoms with Gasteiger partial charge in [0.05, 0.1) is 23.8 Å². The van der Waals surface area contributed by atoms with E-state index in [1.165, 1.54) is 17.3 Å². The second-order valence-corrected chi connectivity index (χ2v) is 10.9. The van der Waals surface area contributed by atoms with Gasteiger partial charge in [-0.3, -0.25) is 14.2 Å². The summed E-state index contributed by atoms with van der Waals surface area (Å²) >= 11 is 2.87. The van der Waals surface area contributed by atoms with Gasteiger partial charge >= 0.3 is 0 Å². The molecule has 1 fully saturated rings. The zero-order chi connectivity index (χ0) is 23.7. The summed E-state index contributed by atoms with van der Waals surface area (Å²) in [4.78, 5) is 33.1. The number of aromatic nitrogens is 2. The lowest BCUT2D eigenvalue weighted by molar-refractivity contribution is -0.113. The summed E-state index contributed by atoms with van der Waals surface area (Å²) in [6, 6.07) is 4.13. The van der Waals surface area contributed by atoms with Gasteiger partial charge in [0.2, 0.25) is 5.91 Å². The van der Waals surface area contributed by atoms with E-state index in [0.717, 1.165) is 63.3 Å². The van der Waals surface area contributed by atoms with Crippen LogP contribution >= 0.6 is 23.1 Å². The second kappa shape index (κ2) is 9.99. The molecule has 3 aromatic rings. The van der Waals surface area contributed by atoms with Crippen molar-refractivity contribution in [2.24, 2.45) is 0 Å². The molecule has 3 heterocycles. The van der Waals surface area contributed by atoms with Gasteiger partial charge in [0.15, 0.2) is 5.16 Å². The lowest BCUT2D eigenvalue weighted by atomic mass is 10.1. The van der Waals surface area contributed by atoms with Crippen molar-refractivity contribution in [2.75, 3.05) is 17.7 Å². The molecule has 0 bridgehead atoms. The van der Waals surface area contributed by atoms with Crippen molar-refractivity contribution >= 4 is 44.9 Å². The van der Waals surface area contributed by atoms with Gasteiger partial charge in [-0.15, -0.1) is 11.3 Å². The number of nitrogens with zero attached hydrogens (tertiary/aromatic N) is 2. The maximum Gasteiger partial charge on any atom is 0.263 e. The van der Waals surface area contributed by atoms with Gasteiger partial charge in [-0.25, -0.2) is 4.98 Å². The Morgan fingerprint density at radius 2 is 2.00 bits per heavy atom. The summed E-state index contributed by atoms with van der Waals surface area (Å²) in [5.74, 6) is 0.0750. The van der Waals surface area contributed by atoms with Crippen molar-refractivity contribution < 1.29 is 9.53 Å². The van der Waals surface area contributed by atoms with Crippen LogP contribution in [-0.4, -0.2) is 33.9 Å². The van der Waals surface area contributed by atoms with Crippen molar-refractivity contribution in [2.45, 2.75) is 71.7 Å². The first-order valence-corrected chi connectivity index (χ1v) is 13.2. The molecule has 0 aliphatic carbocycles. The summed E-state index contributed by atoms with van der Waals surface area (Å²) in [6.07, 6.45) is 2.75. The molecule has 1 aliphatic heterocycles. The molecule has 8 heteroatoms. The summed E-state index contributed by atoms with van der Waals surface area (Å²) in [6.45, 7) is 11.4. The minimum absolute atomic E-state index is 0.0118. The molecule has 2 aromatic heterocycles. The molecule has 1 unspecified atom stereocenters. The lowest BCUT2D eigenvalue weighted by Crippen LogP contribution is -2.29. The molecule has 0 radical (unpaired) electrons. The fourth-order valence-corrected chi connectivity index (χ4v) is 6.57. The Morgan fingerprint density at radius 1 is 1.27 bits per heavy atom. The van der Waals surface area contributed by atoms with E-state index in [4.69, 9.17) is 9.72 Å². The molecule has 33 heavy (non-hydrogen) atoms. The van der Waals surface area contributed by atoms with Gasteiger partial charge in [0, 0.05) is 17.2 Å². The molecular formula is C25H31N3O3S2. The van der Waals surface area contributed by atoms with Gasteiger partial charge < -0.3 is 10.1 Å². The standard InChI is InChI=1S/C25H31N3O3S2/c1-6-19-17(5)33-23-21(19)24(30)28(12-18-8-7-9-31-18)25(27-23)32-13-20(29)26-22-15(3)10-14(2)11-16(22)4/h10-11,18H,6-9,12-13H2,1-5H3,(H,26,29). The maximum absolute atomic E-state index is 13.5. The molecule has 176 valence electrons. The van der Waals surface area contributed by atoms with Gasteiger partial charge in [0.1, 0.15) is 4.83 Å². The van der Waals surface area contributed by atoms with Crippen molar-refractivity contribution in [3.8, 4) is 0 Å². The highest BCUT2D eigenvalue weighted by Gasteiger charge is 2.23. The molecule has 4 rings (SSSR count). The number of hydrogen-bond donors (Lipinski definition) is 1. The number of carbonyl (C=O) groups is 1. The number of thiophene rings is 1. The number of nitrogens with one attached hydrogen (secondary N) is 1. The number of thioether (sulfide) groups is 1. The first-order chi connectivity index (χ1) is 15.8. The highest BCUT2D eigenvalue weighted by atomic mass is 32.2. The Kier molecular flexibility index (Phi) is 7.26. The molecular weight excluding hydrogens is 454 g/mol. The number of hydrogen-bond acceptors (Lipinski definition) is 6. The zero-order valence-corrected chi connectivity index (χ0v) is 21.5. The number of amides is 1. The number of carbonyl (C=O) groups excluding carboxylic acids is 1. The molecule has 1 amide bonds. The molecule has 1 saturated heterocycles. The van der Waals surface area contributed by atoms with E-state index in [1.807, 2.05) is 27.7 Å². The van der Waals surface area contributed by atoms with Gasteiger partial charge in [-0.05, 0) is 63.6 Å². The lowest BCUT2D eigenvalue weighted by Gasteiger charge is -2.16.